The molecule has 5 nitrogen and oxygen atoms in total. The molecule has 0 bridgehead atoms. The van der Waals surface area contributed by atoms with Gasteiger partial charge in [-0.2, -0.15) is 5.10 Å². The number of carbonyl (C=O) groups is 1. The number of aryl methyl sites for hydroxylation is 1. The smallest absolute Gasteiger partial charge is 0.276 e. The molecule has 2 N–H and O–H groups in total. The van der Waals surface area contributed by atoms with Gasteiger partial charge in [-0.1, -0.05) is 0 Å². The van der Waals surface area contributed by atoms with Gasteiger partial charge in [0.1, 0.15) is 6.67 Å². The molecule has 0 atom stereocenters. The Morgan fingerprint density at radius 2 is 2.12 bits per heavy atom. The molecule has 0 unspecified atom stereocenters. The Labute approximate surface area is 99.4 Å². The number of nitrogens with zero attached hydrogens (tertiary/aromatic N) is 3. The lowest BCUT2D eigenvalue weighted by Gasteiger charge is -2.25. The number of halogens is 1. The zero-order chi connectivity index (χ0) is 12.3. The molecular weight excluding hydrogens is 223 g/mol. The summed E-state index contributed by atoms with van der Waals surface area (Å²) in [4.78, 5) is 13.9. The van der Waals surface area contributed by atoms with Crippen molar-refractivity contribution < 1.29 is 9.18 Å². The third-order valence-corrected chi connectivity index (χ3v) is 2.95. The molecule has 0 spiro atoms. The summed E-state index contributed by atoms with van der Waals surface area (Å²) in [5, 5.41) is 4.04. The number of aromatic nitrogens is 2. The third kappa shape index (κ3) is 2.57. The summed E-state index contributed by atoms with van der Waals surface area (Å²) in [5.74, 6) is -0.139. The summed E-state index contributed by atoms with van der Waals surface area (Å²) in [7, 11) is 0. The SMILES string of the molecule is Nc1cn(CCF)nc1C(=O)N1CCCCC1. The predicted molar refractivity (Wildman–Crippen MR) is 62.4 cm³/mol. The maximum atomic E-state index is 12.2. The van der Waals surface area contributed by atoms with E-state index < -0.39 is 6.67 Å². The zero-order valence-electron chi connectivity index (χ0n) is 9.73. The standard InChI is InChI=1S/C11H17FN4O/c12-4-7-16-8-9(13)10(14-16)11(17)15-5-2-1-3-6-15/h8H,1-7,13H2. The number of alkyl halides is 1. The van der Waals surface area contributed by atoms with E-state index in [1.54, 1.807) is 4.90 Å². The van der Waals surface area contributed by atoms with Crippen LogP contribution in [-0.2, 0) is 6.54 Å². The van der Waals surface area contributed by atoms with Crippen molar-refractivity contribution in [3.05, 3.63) is 11.9 Å². The number of rotatable bonds is 3. The maximum Gasteiger partial charge on any atom is 0.276 e. The lowest BCUT2D eigenvalue weighted by Crippen LogP contribution is -2.36. The van der Waals surface area contributed by atoms with Crippen LogP contribution in [0.3, 0.4) is 0 Å². The highest BCUT2D eigenvalue weighted by molar-refractivity contribution is 5.97. The average molecular weight is 240 g/mol. The number of nitrogen functional groups attached to an aromatic ring is 1. The number of anilines is 1. The van der Waals surface area contributed by atoms with Crippen molar-refractivity contribution >= 4 is 11.6 Å². The summed E-state index contributed by atoms with van der Waals surface area (Å²) in [6.07, 6.45) is 4.72. The fourth-order valence-corrected chi connectivity index (χ4v) is 2.05. The molecule has 2 rings (SSSR count). The van der Waals surface area contributed by atoms with Gasteiger partial charge in [0.25, 0.3) is 5.91 Å². The van der Waals surface area contributed by atoms with E-state index in [2.05, 4.69) is 5.10 Å². The van der Waals surface area contributed by atoms with E-state index >= 15 is 0 Å². The molecule has 0 saturated carbocycles. The van der Waals surface area contributed by atoms with Crippen molar-refractivity contribution in [3.63, 3.8) is 0 Å². The second-order valence-electron chi connectivity index (χ2n) is 4.24. The molecule has 1 fully saturated rings. The number of piperidine rings is 1. The molecule has 1 aromatic rings. The number of carbonyl (C=O) groups excluding carboxylic acids is 1. The van der Waals surface area contributed by atoms with Crippen LogP contribution in [0.5, 0.6) is 0 Å². The van der Waals surface area contributed by atoms with Crippen LogP contribution in [0.2, 0.25) is 0 Å². The van der Waals surface area contributed by atoms with Gasteiger partial charge in [0.2, 0.25) is 0 Å². The highest BCUT2D eigenvalue weighted by Crippen LogP contribution is 2.16. The summed E-state index contributed by atoms with van der Waals surface area (Å²) in [6.45, 7) is 1.14. The van der Waals surface area contributed by atoms with Crippen LogP contribution in [0, 0.1) is 0 Å². The van der Waals surface area contributed by atoms with Gasteiger partial charge in [-0.05, 0) is 19.3 Å². The van der Waals surface area contributed by atoms with E-state index in [1.165, 1.54) is 10.9 Å². The van der Waals surface area contributed by atoms with Crippen molar-refractivity contribution in [2.75, 3.05) is 25.5 Å². The topological polar surface area (TPSA) is 64.2 Å². The van der Waals surface area contributed by atoms with Crippen molar-refractivity contribution in [2.45, 2.75) is 25.8 Å². The number of hydrogen-bond acceptors (Lipinski definition) is 3. The molecule has 1 aliphatic rings. The molecular formula is C11H17FN4O. The second-order valence-corrected chi connectivity index (χ2v) is 4.24. The van der Waals surface area contributed by atoms with Gasteiger partial charge in [-0.25, -0.2) is 4.39 Å². The van der Waals surface area contributed by atoms with Gasteiger partial charge in [-0.3, -0.25) is 9.48 Å². The Morgan fingerprint density at radius 3 is 2.76 bits per heavy atom. The minimum Gasteiger partial charge on any atom is -0.396 e. The molecule has 0 aromatic carbocycles. The highest BCUT2D eigenvalue weighted by Gasteiger charge is 2.22. The van der Waals surface area contributed by atoms with E-state index in [1.807, 2.05) is 0 Å². The number of likely N-dealkylation sites (tertiary alicyclic amines) is 1. The Morgan fingerprint density at radius 1 is 1.41 bits per heavy atom. The molecule has 94 valence electrons. The molecule has 1 saturated heterocycles. The fourth-order valence-electron chi connectivity index (χ4n) is 2.05. The van der Waals surface area contributed by atoms with Crippen molar-refractivity contribution in [1.29, 1.82) is 0 Å². The molecule has 0 aliphatic carbocycles. The minimum atomic E-state index is -0.515. The number of nitrogens with two attached hydrogens (primary N) is 1. The monoisotopic (exact) mass is 240 g/mol. The molecule has 1 aliphatic heterocycles. The van der Waals surface area contributed by atoms with E-state index in [-0.39, 0.29) is 18.1 Å². The Hall–Kier alpha value is -1.59. The van der Waals surface area contributed by atoms with Crippen LogP contribution in [-0.4, -0.2) is 40.4 Å². The van der Waals surface area contributed by atoms with Gasteiger partial charge in [0, 0.05) is 19.3 Å². The van der Waals surface area contributed by atoms with Crippen LogP contribution >= 0.6 is 0 Å². The van der Waals surface area contributed by atoms with Crippen LogP contribution < -0.4 is 5.73 Å². The number of amides is 1. The largest absolute Gasteiger partial charge is 0.396 e. The fraction of sp³-hybridized carbons (Fsp3) is 0.636. The van der Waals surface area contributed by atoms with E-state index in [0.29, 0.717) is 5.69 Å². The normalized spacial score (nSPS) is 16.2. The molecule has 0 radical (unpaired) electrons. The lowest BCUT2D eigenvalue weighted by molar-refractivity contribution is 0.0718. The quantitative estimate of drug-likeness (QED) is 0.859. The maximum absolute atomic E-state index is 12.2. The Kier molecular flexibility index (Phi) is 3.61. The molecule has 1 aromatic heterocycles. The first kappa shape index (κ1) is 11.9. The van der Waals surface area contributed by atoms with Crippen molar-refractivity contribution in [1.82, 2.24) is 14.7 Å². The first-order valence-corrected chi connectivity index (χ1v) is 5.90. The summed E-state index contributed by atoms with van der Waals surface area (Å²) < 4.78 is 13.6. The first-order chi connectivity index (χ1) is 8.22. The summed E-state index contributed by atoms with van der Waals surface area (Å²) in [5.41, 5.74) is 6.30. The first-order valence-electron chi connectivity index (χ1n) is 5.90. The average Bonchev–Trinajstić information content (AvgIpc) is 2.71. The van der Waals surface area contributed by atoms with Gasteiger partial charge in [-0.15, -0.1) is 0 Å². The van der Waals surface area contributed by atoms with E-state index in [9.17, 15) is 9.18 Å². The van der Waals surface area contributed by atoms with Crippen molar-refractivity contribution in [2.24, 2.45) is 0 Å². The Balaban J connectivity index is 2.12. The Bertz CT molecular complexity index is 398. The number of hydrogen-bond donors (Lipinski definition) is 1. The predicted octanol–water partition coefficient (Wildman–Crippen LogP) is 1.06. The van der Waals surface area contributed by atoms with Crippen molar-refractivity contribution in [3.8, 4) is 0 Å². The summed E-state index contributed by atoms with van der Waals surface area (Å²) >= 11 is 0. The van der Waals surface area contributed by atoms with Gasteiger partial charge in [0.05, 0.1) is 12.2 Å². The van der Waals surface area contributed by atoms with Crippen LogP contribution in [0.4, 0.5) is 10.1 Å². The second kappa shape index (κ2) is 5.16. The van der Waals surface area contributed by atoms with Crippen LogP contribution in [0.25, 0.3) is 0 Å². The van der Waals surface area contributed by atoms with Crippen LogP contribution in [0.1, 0.15) is 29.8 Å². The lowest BCUT2D eigenvalue weighted by atomic mass is 10.1. The van der Waals surface area contributed by atoms with E-state index in [0.717, 1.165) is 32.4 Å². The molecule has 17 heavy (non-hydrogen) atoms. The molecule has 1 amide bonds. The highest BCUT2D eigenvalue weighted by atomic mass is 19.1. The summed E-state index contributed by atoms with van der Waals surface area (Å²) in [6, 6.07) is 0. The van der Waals surface area contributed by atoms with Gasteiger partial charge >= 0.3 is 0 Å². The third-order valence-electron chi connectivity index (χ3n) is 2.95. The van der Waals surface area contributed by atoms with Gasteiger partial charge < -0.3 is 10.6 Å². The van der Waals surface area contributed by atoms with Gasteiger partial charge in [0.15, 0.2) is 5.69 Å². The zero-order valence-corrected chi connectivity index (χ0v) is 9.73. The van der Waals surface area contributed by atoms with E-state index in [4.69, 9.17) is 5.73 Å². The van der Waals surface area contributed by atoms with Crippen LogP contribution in [0.15, 0.2) is 6.20 Å². The molecule has 2 heterocycles. The molecule has 6 heteroatoms. The minimum absolute atomic E-state index is 0.136.